The molecule has 7 nitrogen and oxygen atoms in total. The number of nitrogens with zero attached hydrogens (tertiary/aromatic N) is 1. The number of carbonyl (C=O) groups is 1. The lowest BCUT2D eigenvalue weighted by molar-refractivity contribution is -0.214. The van der Waals surface area contributed by atoms with Gasteiger partial charge < -0.3 is 10.8 Å². The van der Waals surface area contributed by atoms with Gasteiger partial charge in [-0.05, 0) is 85.6 Å². The largest absolute Gasteiger partial charge is 0.858 e. The zero-order chi connectivity index (χ0) is 24.3. The molecule has 0 heterocycles. The van der Waals surface area contributed by atoms with Crippen molar-refractivity contribution in [2.45, 2.75) is 43.0 Å². The lowest BCUT2D eigenvalue weighted by atomic mass is 9.48. The zero-order valence-electron chi connectivity index (χ0n) is 18.2. The van der Waals surface area contributed by atoms with Crippen LogP contribution in [0.25, 0.3) is 0 Å². The van der Waals surface area contributed by atoms with Gasteiger partial charge in [0.15, 0.2) is 5.82 Å². The summed E-state index contributed by atoms with van der Waals surface area (Å²) in [5, 5.41) is 12.7. The number of anilines is 1. The Morgan fingerprint density at radius 1 is 1.15 bits per heavy atom. The van der Waals surface area contributed by atoms with E-state index in [1.165, 1.54) is 30.3 Å². The molecule has 2 unspecified atom stereocenters. The van der Waals surface area contributed by atoms with Crippen LogP contribution in [0.3, 0.4) is 0 Å². The van der Waals surface area contributed by atoms with E-state index in [1.807, 2.05) is 0 Å². The van der Waals surface area contributed by atoms with Crippen LogP contribution in [0.4, 0.5) is 10.1 Å². The van der Waals surface area contributed by atoms with Gasteiger partial charge in [-0.1, -0.05) is 29.8 Å². The van der Waals surface area contributed by atoms with Crippen LogP contribution in [0.15, 0.2) is 52.4 Å². The van der Waals surface area contributed by atoms with Gasteiger partial charge in [0, 0.05) is 11.1 Å². The summed E-state index contributed by atoms with van der Waals surface area (Å²) in [7, 11) is -4.26. The number of halogens is 2. The molecule has 1 amide bonds. The van der Waals surface area contributed by atoms with Crippen molar-refractivity contribution < 1.29 is 22.7 Å². The molecule has 2 aromatic carbocycles. The molecule has 2 aromatic rings. The van der Waals surface area contributed by atoms with E-state index >= 15 is 0 Å². The van der Waals surface area contributed by atoms with Crippen molar-refractivity contribution >= 4 is 39.1 Å². The molecule has 4 bridgehead atoms. The molecule has 0 saturated heterocycles. The highest BCUT2D eigenvalue weighted by Gasteiger charge is 2.57. The number of nitrogens with one attached hydrogen (secondary N) is 1. The van der Waals surface area contributed by atoms with Crippen LogP contribution in [0.5, 0.6) is 0 Å². The van der Waals surface area contributed by atoms with Crippen LogP contribution in [0.1, 0.15) is 37.7 Å². The summed E-state index contributed by atoms with van der Waals surface area (Å²) in [6.07, 6.45) is 4.06. The first-order valence-electron chi connectivity index (χ1n) is 11.2. The van der Waals surface area contributed by atoms with Gasteiger partial charge in [-0.2, -0.15) is 0 Å². The Morgan fingerprint density at radius 3 is 2.50 bits per heavy atom. The molecule has 3 N–H and O–H groups in total. The standard InChI is InChI=1S/C24H25ClFN3O4S/c25-18-5-2-6-19(20(18)26)34(32,33)29-17-4-1-3-14(9-17)22(30)28-21-15-7-13-8-16(21)12-24(10-13,11-15)23(27)31/h1-6,9,13,15-16,21,29H,7-8,10-12H2,(H2,27,31)(H,28,30)/p-1. The third kappa shape index (κ3) is 3.94. The molecule has 0 aliphatic heterocycles. The highest BCUT2D eigenvalue weighted by atomic mass is 35.5. The zero-order valence-corrected chi connectivity index (χ0v) is 19.8. The number of sulfonamides is 1. The van der Waals surface area contributed by atoms with Crippen molar-refractivity contribution in [3.8, 4) is 0 Å². The average Bonchev–Trinajstić information content (AvgIpc) is 2.77. The SMILES string of the molecule is NC(=O)C12CC3CC(C1)C(N=C([O-])c1cccc(NS(=O)(=O)c4cccc(Cl)c4F)c1)C(C3)C2. The first-order chi connectivity index (χ1) is 16.1. The van der Waals surface area contributed by atoms with Gasteiger partial charge in [-0.3, -0.25) is 14.5 Å². The van der Waals surface area contributed by atoms with Crippen LogP contribution >= 0.6 is 11.6 Å². The summed E-state index contributed by atoms with van der Waals surface area (Å²) < 4.78 is 41.9. The van der Waals surface area contributed by atoms with Crippen LogP contribution in [-0.2, 0) is 14.8 Å². The minimum absolute atomic E-state index is 0.109. The van der Waals surface area contributed by atoms with Gasteiger partial charge in [0.2, 0.25) is 5.91 Å². The van der Waals surface area contributed by atoms with Crippen LogP contribution in [-0.4, -0.2) is 26.3 Å². The Morgan fingerprint density at radius 2 is 1.82 bits per heavy atom. The van der Waals surface area contributed by atoms with Gasteiger partial charge in [0.25, 0.3) is 10.0 Å². The number of hydrogen-bond acceptors (Lipinski definition) is 5. The molecule has 2 atom stereocenters. The first-order valence-corrected chi connectivity index (χ1v) is 13.1. The first kappa shape index (κ1) is 23.1. The lowest BCUT2D eigenvalue weighted by Gasteiger charge is -2.58. The Labute approximate surface area is 202 Å². The number of aliphatic imine (C=N–C) groups is 1. The monoisotopic (exact) mass is 504 g/mol. The van der Waals surface area contributed by atoms with Gasteiger partial charge in [0.05, 0.1) is 11.1 Å². The lowest BCUT2D eigenvalue weighted by Crippen LogP contribution is -2.57. The molecule has 0 radical (unpaired) electrons. The fraction of sp³-hybridized carbons (Fsp3) is 0.417. The van der Waals surface area contributed by atoms with Crippen LogP contribution < -0.4 is 15.6 Å². The number of benzene rings is 2. The van der Waals surface area contributed by atoms with Crippen molar-refractivity contribution in [2.24, 2.45) is 33.9 Å². The predicted octanol–water partition coefficient (Wildman–Crippen LogP) is 3.07. The number of rotatable bonds is 6. The predicted molar refractivity (Wildman–Crippen MR) is 124 cm³/mol. The second-order valence-electron chi connectivity index (χ2n) is 9.78. The molecule has 4 saturated carbocycles. The maximum atomic E-state index is 14.2. The number of primary amides is 1. The van der Waals surface area contributed by atoms with E-state index in [1.54, 1.807) is 6.07 Å². The second kappa shape index (κ2) is 8.23. The van der Waals surface area contributed by atoms with Crippen molar-refractivity contribution in [3.05, 3.63) is 58.9 Å². The molecule has 0 spiro atoms. The fourth-order valence-corrected chi connectivity index (χ4v) is 7.72. The summed E-state index contributed by atoms with van der Waals surface area (Å²) in [6, 6.07) is 9.48. The highest BCUT2D eigenvalue weighted by molar-refractivity contribution is 7.92. The Hall–Kier alpha value is -2.65. The molecule has 180 valence electrons. The summed E-state index contributed by atoms with van der Waals surface area (Å²) in [4.78, 5) is 16.1. The van der Waals surface area contributed by atoms with Crippen LogP contribution in [0.2, 0.25) is 5.02 Å². The number of nitrogens with two attached hydrogens (primary N) is 1. The third-order valence-electron chi connectivity index (χ3n) is 7.58. The van der Waals surface area contributed by atoms with E-state index in [2.05, 4.69) is 9.71 Å². The number of amides is 1. The second-order valence-corrected chi connectivity index (χ2v) is 11.8. The van der Waals surface area contributed by atoms with Gasteiger partial charge in [0.1, 0.15) is 4.90 Å². The average molecular weight is 505 g/mol. The molecule has 4 fully saturated rings. The highest BCUT2D eigenvalue weighted by Crippen LogP contribution is 2.60. The van der Waals surface area contributed by atoms with E-state index in [0.29, 0.717) is 18.8 Å². The third-order valence-corrected chi connectivity index (χ3v) is 9.27. The van der Waals surface area contributed by atoms with Crippen molar-refractivity contribution in [1.29, 1.82) is 0 Å². The minimum atomic E-state index is -4.26. The van der Waals surface area contributed by atoms with E-state index < -0.39 is 32.0 Å². The van der Waals surface area contributed by atoms with Crippen molar-refractivity contribution in [3.63, 3.8) is 0 Å². The van der Waals surface area contributed by atoms with E-state index in [0.717, 1.165) is 25.3 Å². The molecule has 34 heavy (non-hydrogen) atoms. The number of carbonyl (C=O) groups excluding carboxylic acids is 1. The normalized spacial score (nSPS) is 30.4. The molecule has 6 rings (SSSR count). The maximum Gasteiger partial charge on any atom is 0.264 e. The van der Waals surface area contributed by atoms with Gasteiger partial charge >= 0.3 is 0 Å². The Bertz CT molecular complexity index is 1280. The smallest absolute Gasteiger partial charge is 0.264 e. The molecule has 4 aliphatic rings. The van der Waals surface area contributed by atoms with E-state index in [9.17, 15) is 22.7 Å². The fourth-order valence-electron chi connectivity index (χ4n) is 6.34. The topological polar surface area (TPSA) is 125 Å². The molecular weight excluding hydrogens is 481 g/mol. The molecule has 0 aromatic heterocycles. The van der Waals surface area contributed by atoms with Crippen molar-refractivity contribution in [2.75, 3.05) is 4.72 Å². The maximum absolute atomic E-state index is 14.2. The van der Waals surface area contributed by atoms with E-state index in [-0.39, 0.29) is 40.1 Å². The molecular formula is C24H24ClFN3O4S-. The van der Waals surface area contributed by atoms with Crippen LogP contribution in [0, 0.1) is 29.0 Å². The van der Waals surface area contributed by atoms with Crippen molar-refractivity contribution in [1.82, 2.24) is 0 Å². The Kier molecular flexibility index (Phi) is 5.60. The quantitative estimate of drug-likeness (QED) is 0.463. The molecule has 10 heteroatoms. The Balaban J connectivity index is 1.38. The molecule has 4 aliphatic carbocycles. The van der Waals surface area contributed by atoms with Gasteiger partial charge in [-0.15, -0.1) is 0 Å². The summed E-state index contributed by atoms with van der Waals surface area (Å²) in [5.41, 5.74) is 5.61. The number of hydrogen-bond donors (Lipinski definition) is 2. The summed E-state index contributed by atoms with van der Waals surface area (Å²) >= 11 is 5.71. The summed E-state index contributed by atoms with van der Waals surface area (Å²) in [6.45, 7) is 0. The summed E-state index contributed by atoms with van der Waals surface area (Å²) in [5.74, 6) is -0.982. The van der Waals surface area contributed by atoms with Gasteiger partial charge in [-0.25, -0.2) is 12.8 Å². The minimum Gasteiger partial charge on any atom is -0.858 e. The van der Waals surface area contributed by atoms with E-state index in [4.69, 9.17) is 17.3 Å².